The number of amides is 1. The van der Waals surface area contributed by atoms with Crippen molar-refractivity contribution in [1.82, 2.24) is 4.90 Å². The predicted octanol–water partition coefficient (Wildman–Crippen LogP) is 7.76. The highest BCUT2D eigenvalue weighted by atomic mass is 35.5. The molecule has 0 unspecified atom stereocenters. The average Bonchev–Trinajstić information content (AvgIpc) is 3.35. The van der Waals surface area contributed by atoms with Crippen LogP contribution in [0.5, 0.6) is 11.5 Å². The second-order valence-electron chi connectivity index (χ2n) is 9.83. The van der Waals surface area contributed by atoms with Gasteiger partial charge in [0, 0.05) is 42.5 Å². The number of carbonyl (C=O) groups is 1. The van der Waals surface area contributed by atoms with Crippen molar-refractivity contribution in [3.63, 3.8) is 0 Å². The van der Waals surface area contributed by atoms with Crippen molar-refractivity contribution < 1.29 is 40.6 Å². The Morgan fingerprint density at radius 3 is 2.20 bits per heavy atom. The molecule has 0 radical (unpaired) electrons. The lowest BCUT2D eigenvalue weighted by Crippen LogP contribution is -2.47. The number of benzene rings is 3. The fourth-order valence-corrected chi connectivity index (χ4v) is 5.77. The van der Waals surface area contributed by atoms with Crippen LogP contribution in [0.2, 0.25) is 5.02 Å². The largest absolute Gasteiger partial charge is 0.493 e. The summed E-state index contributed by atoms with van der Waals surface area (Å²) in [5.74, 6) is -0.162. The standard InChI is InChI=1S/C30H24ClF6N3O3S/c1-42-25-14-18(2-9-24(25)43-17-19-3-4-20(29(32,33)34)16-23(19)30(35,36)37)15-26-27(41)38-28(44-26)40-12-10-39(11-13-40)22-7-5-21(31)6-8-22/h2-9,14-16H,10-13,17H2,1H3/b26-15-. The normalized spacial score (nSPS) is 16.9. The lowest BCUT2D eigenvalue weighted by molar-refractivity contribution is -0.143. The minimum Gasteiger partial charge on any atom is -0.493 e. The summed E-state index contributed by atoms with van der Waals surface area (Å²) in [7, 11) is 1.33. The number of halogens is 7. The molecule has 6 nitrogen and oxygen atoms in total. The Hall–Kier alpha value is -3.84. The fraction of sp³-hybridized carbons (Fsp3) is 0.267. The molecular weight excluding hydrogens is 632 g/mol. The van der Waals surface area contributed by atoms with E-state index in [0.29, 0.717) is 39.8 Å². The number of ether oxygens (including phenoxy) is 2. The first kappa shape index (κ1) is 31.6. The maximum absolute atomic E-state index is 13.5. The highest BCUT2D eigenvalue weighted by molar-refractivity contribution is 8.18. The molecule has 0 aliphatic carbocycles. The molecule has 14 heteroatoms. The molecule has 3 aromatic rings. The second kappa shape index (κ2) is 12.6. The van der Waals surface area contributed by atoms with Crippen LogP contribution < -0.4 is 14.4 Å². The minimum atomic E-state index is -5.02. The molecule has 0 atom stereocenters. The number of aliphatic imine (C=N–C) groups is 1. The van der Waals surface area contributed by atoms with Crippen molar-refractivity contribution in [3.05, 3.63) is 92.8 Å². The van der Waals surface area contributed by atoms with Gasteiger partial charge in [0.1, 0.15) is 6.61 Å². The molecule has 3 aromatic carbocycles. The van der Waals surface area contributed by atoms with Gasteiger partial charge < -0.3 is 19.3 Å². The van der Waals surface area contributed by atoms with Crippen molar-refractivity contribution in [2.75, 3.05) is 38.2 Å². The number of methoxy groups -OCH3 is 1. The van der Waals surface area contributed by atoms with Crippen LogP contribution in [0.3, 0.4) is 0 Å². The number of thioether (sulfide) groups is 1. The summed E-state index contributed by atoms with van der Waals surface area (Å²) in [5.41, 5.74) is -1.69. The highest BCUT2D eigenvalue weighted by Crippen LogP contribution is 2.39. The van der Waals surface area contributed by atoms with Gasteiger partial charge >= 0.3 is 12.4 Å². The molecule has 0 bridgehead atoms. The molecule has 2 heterocycles. The molecule has 0 spiro atoms. The van der Waals surface area contributed by atoms with Gasteiger partial charge in [-0.3, -0.25) is 4.79 Å². The van der Waals surface area contributed by atoms with Gasteiger partial charge in [0.25, 0.3) is 5.91 Å². The van der Waals surface area contributed by atoms with E-state index in [0.717, 1.165) is 24.8 Å². The molecule has 1 saturated heterocycles. The Balaban J connectivity index is 1.24. The van der Waals surface area contributed by atoms with E-state index in [2.05, 4.69) is 9.89 Å². The maximum atomic E-state index is 13.5. The topological polar surface area (TPSA) is 54.4 Å². The zero-order chi connectivity index (χ0) is 31.6. The molecule has 0 N–H and O–H groups in total. The quantitative estimate of drug-likeness (QED) is 0.200. The van der Waals surface area contributed by atoms with Crippen LogP contribution in [0, 0.1) is 0 Å². The van der Waals surface area contributed by atoms with E-state index in [9.17, 15) is 31.1 Å². The number of carbonyl (C=O) groups excluding carboxylic acids is 1. The zero-order valence-electron chi connectivity index (χ0n) is 23.0. The van der Waals surface area contributed by atoms with Crippen molar-refractivity contribution >= 4 is 46.2 Å². The lowest BCUT2D eigenvalue weighted by Gasteiger charge is -2.36. The van der Waals surface area contributed by atoms with Crippen LogP contribution in [0.25, 0.3) is 6.08 Å². The summed E-state index contributed by atoms with van der Waals surface area (Å²) in [6.45, 7) is 2.17. The van der Waals surface area contributed by atoms with E-state index in [-0.39, 0.29) is 17.6 Å². The molecule has 2 aliphatic rings. The summed E-state index contributed by atoms with van der Waals surface area (Å²) in [6, 6.07) is 13.6. The number of anilines is 1. The Labute approximate surface area is 257 Å². The summed E-state index contributed by atoms with van der Waals surface area (Å²) in [5, 5.41) is 1.26. The molecule has 5 rings (SSSR count). The number of piperazine rings is 1. The average molecular weight is 656 g/mol. The van der Waals surface area contributed by atoms with E-state index in [1.807, 2.05) is 29.2 Å². The Bertz CT molecular complexity index is 1600. The van der Waals surface area contributed by atoms with Gasteiger partial charge in [0.15, 0.2) is 16.7 Å². The predicted molar refractivity (Wildman–Crippen MR) is 157 cm³/mol. The zero-order valence-corrected chi connectivity index (χ0v) is 24.6. The molecule has 2 aliphatic heterocycles. The molecule has 1 amide bonds. The van der Waals surface area contributed by atoms with Gasteiger partial charge in [0.05, 0.1) is 23.1 Å². The number of rotatable bonds is 6. The van der Waals surface area contributed by atoms with Crippen LogP contribution >= 0.6 is 23.4 Å². The Kier molecular flexibility index (Phi) is 9.07. The van der Waals surface area contributed by atoms with E-state index in [1.54, 1.807) is 12.1 Å². The molecular formula is C30H24ClF6N3O3S. The second-order valence-corrected chi connectivity index (χ2v) is 11.3. The molecule has 1 fully saturated rings. The van der Waals surface area contributed by atoms with Crippen molar-refractivity contribution in [3.8, 4) is 11.5 Å². The first-order chi connectivity index (χ1) is 20.8. The van der Waals surface area contributed by atoms with Gasteiger partial charge in [-0.1, -0.05) is 23.7 Å². The van der Waals surface area contributed by atoms with Crippen LogP contribution in [0.1, 0.15) is 22.3 Å². The third-order valence-corrected chi connectivity index (χ3v) is 8.26. The van der Waals surface area contributed by atoms with Crippen molar-refractivity contribution in [2.45, 2.75) is 19.0 Å². The fourth-order valence-electron chi connectivity index (χ4n) is 4.68. The lowest BCUT2D eigenvalue weighted by atomic mass is 10.0. The third-order valence-electron chi connectivity index (χ3n) is 6.96. The molecule has 0 aromatic heterocycles. The van der Waals surface area contributed by atoms with Crippen LogP contribution in [-0.2, 0) is 23.8 Å². The molecule has 44 heavy (non-hydrogen) atoms. The van der Waals surface area contributed by atoms with Gasteiger partial charge in [-0.15, -0.1) is 0 Å². The van der Waals surface area contributed by atoms with Gasteiger partial charge in [-0.2, -0.15) is 31.3 Å². The van der Waals surface area contributed by atoms with Crippen molar-refractivity contribution in [1.29, 1.82) is 0 Å². The number of hydrogen-bond donors (Lipinski definition) is 0. The Morgan fingerprint density at radius 2 is 1.57 bits per heavy atom. The van der Waals surface area contributed by atoms with Crippen LogP contribution in [0.4, 0.5) is 32.0 Å². The third kappa shape index (κ3) is 7.27. The van der Waals surface area contributed by atoms with Gasteiger partial charge in [-0.25, -0.2) is 0 Å². The molecule has 232 valence electrons. The minimum absolute atomic E-state index is 0.0668. The number of amidine groups is 1. The van der Waals surface area contributed by atoms with Gasteiger partial charge in [0.2, 0.25) is 0 Å². The monoisotopic (exact) mass is 655 g/mol. The van der Waals surface area contributed by atoms with E-state index < -0.39 is 41.6 Å². The number of hydrogen-bond acceptors (Lipinski definition) is 6. The van der Waals surface area contributed by atoms with E-state index in [1.165, 1.54) is 31.0 Å². The summed E-state index contributed by atoms with van der Waals surface area (Å²) in [6.07, 6.45) is -8.32. The highest BCUT2D eigenvalue weighted by Gasteiger charge is 2.38. The number of alkyl halides is 6. The van der Waals surface area contributed by atoms with E-state index in [4.69, 9.17) is 21.1 Å². The van der Waals surface area contributed by atoms with E-state index >= 15 is 0 Å². The van der Waals surface area contributed by atoms with Crippen LogP contribution in [0.15, 0.2) is 70.6 Å². The summed E-state index contributed by atoms with van der Waals surface area (Å²) >= 11 is 7.23. The van der Waals surface area contributed by atoms with Gasteiger partial charge in [-0.05, 0) is 71.9 Å². The maximum Gasteiger partial charge on any atom is 0.416 e. The van der Waals surface area contributed by atoms with Crippen LogP contribution in [-0.4, -0.2) is 49.3 Å². The summed E-state index contributed by atoms with van der Waals surface area (Å²) in [4.78, 5) is 21.6. The first-order valence-electron chi connectivity index (χ1n) is 13.2. The SMILES string of the molecule is COc1cc(/C=C2\SC(N3CCN(c4ccc(Cl)cc4)CC3)=NC2=O)ccc1OCc1ccc(C(F)(F)F)cc1C(F)(F)F. The first-order valence-corrected chi connectivity index (χ1v) is 14.4. The molecule has 0 saturated carbocycles. The smallest absolute Gasteiger partial charge is 0.416 e. The Morgan fingerprint density at radius 1 is 0.886 bits per heavy atom. The van der Waals surface area contributed by atoms with Crippen molar-refractivity contribution in [2.24, 2.45) is 4.99 Å². The summed E-state index contributed by atoms with van der Waals surface area (Å²) < 4.78 is 90.3. The number of nitrogens with zero attached hydrogens (tertiary/aromatic N) is 3.